The number of halogens is 1. The molecule has 0 saturated heterocycles. The van der Waals surface area contributed by atoms with E-state index in [4.69, 9.17) is 11.6 Å². The summed E-state index contributed by atoms with van der Waals surface area (Å²) in [7, 11) is 1.87. The monoisotopic (exact) mass is 292 g/mol. The van der Waals surface area contributed by atoms with Crippen molar-refractivity contribution in [2.24, 2.45) is 7.05 Å². The summed E-state index contributed by atoms with van der Waals surface area (Å²) in [5.74, 6) is 0. The van der Waals surface area contributed by atoms with Crippen LogP contribution in [0.15, 0.2) is 18.2 Å². The van der Waals surface area contributed by atoms with Gasteiger partial charge in [-0.3, -0.25) is 4.68 Å². The third kappa shape index (κ3) is 2.89. The third-order valence-electron chi connectivity index (χ3n) is 3.81. The highest BCUT2D eigenvalue weighted by Gasteiger charge is 2.18. The maximum Gasteiger partial charge on any atom is 0.0850 e. The molecule has 1 aromatic heterocycles. The highest BCUT2D eigenvalue weighted by molar-refractivity contribution is 6.31. The Morgan fingerprint density at radius 2 is 2.00 bits per heavy atom. The van der Waals surface area contributed by atoms with Crippen LogP contribution in [0.1, 0.15) is 41.1 Å². The molecule has 0 fully saturated rings. The zero-order valence-electron chi connectivity index (χ0n) is 12.4. The predicted molar refractivity (Wildman–Crippen MR) is 82.2 cm³/mol. The molecule has 1 aromatic carbocycles. The molecule has 0 amide bonds. The van der Waals surface area contributed by atoms with E-state index < -0.39 is 6.10 Å². The van der Waals surface area contributed by atoms with Crippen molar-refractivity contribution in [3.05, 3.63) is 51.3 Å². The van der Waals surface area contributed by atoms with E-state index in [2.05, 4.69) is 18.9 Å². The van der Waals surface area contributed by atoms with Crippen LogP contribution >= 0.6 is 11.6 Å². The third-order valence-corrected chi connectivity index (χ3v) is 4.24. The molecule has 0 aliphatic heterocycles. The SMILES string of the molecule is CCc1nn(C)c(CC(O)c2ccc(C)c(C)c2)c1Cl. The van der Waals surface area contributed by atoms with Crippen molar-refractivity contribution in [2.45, 2.75) is 39.7 Å². The summed E-state index contributed by atoms with van der Waals surface area (Å²) in [6, 6.07) is 6.04. The average molecular weight is 293 g/mol. The van der Waals surface area contributed by atoms with E-state index in [0.29, 0.717) is 11.4 Å². The highest BCUT2D eigenvalue weighted by Crippen LogP contribution is 2.27. The van der Waals surface area contributed by atoms with Crippen LogP contribution in [0.2, 0.25) is 5.02 Å². The standard InChI is InChI=1S/C16H21ClN2O/c1-5-13-16(17)14(19(4)18-13)9-15(20)12-7-6-10(2)11(3)8-12/h6-8,15,20H,5,9H2,1-4H3. The normalized spacial score (nSPS) is 12.7. The molecule has 2 rings (SSSR count). The first-order valence-corrected chi connectivity index (χ1v) is 7.27. The van der Waals surface area contributed by atoms with E-state index in [-0.39, 0.29) is 0 Å². The fraction of sp³-hybridized carbons (Fsp3) is 0.438. The molecule has 0 radical (unpaired) electrons. The van der Waals surface area contributed by atoms with E-state index in [1.165, 1.54) is 11.1 Å². The summed E-state index contributed by atoms with van der Waals surface area (Å²) in [5, 5.41) is 15.5. The number of aliphatic hydroxyl groups excluding tert-OH is 1. The Kier molecular flexibility index (Phi) is 4.51. The van der Waals surface area contributed by atoms with Gasteiger partial charge in [0, 0.05) is 13.5 Å². The minimum atomic E-state index is -0.563. The van der Waals surface area contributed by atoms with Gasteiger partial charge in [0.05, 0.1) is 22.5 Å². The molecule has 0 aliphatic carbocycles. The average Bonchev–Trinajstić information content (AvgIpc) is 2.69. The molecule has 4 heteroatoms. The fourth-order valence-corrected chi connectivity index (χ4v) is 2.69. The zero-order valence-corrected chi connectivity index (χ0v) is 13.2. The number of hydrogen-bond acceptors (Lipinski definition) is 2. The summed E-state index contributed by atoms with van der Waals surface area (Å²) < 4.78 is 1.77. The highest BCUT2D eigenvalue weighted by atomic mass is 35.5. The van der Waals surface area contributed by atoms with Gasteiger partial charge in [0.2, 0.25) is 0 Å². The van der Waals surface area contributed by atoms with Crippen molar-refractivity contribution in [1.82, 2.24) is 9.78 Å². The Morgan fingerprint density at radius 1 is 1.30 bits per heavy atom. The molecule has 108 valence electrons. The molecule has 1 atom stereocenters. The number of rotatable bonds is 4. The second-order valence-electron chi connectivity index (χ2n) is 5.25. The first-order valence-electron chi connectivity index (χ1n) is 6.89. The molecule has 0 aliphatic rings. The summed E-state index contributed by atoms with van der Waals surface area (Å²) in [6.45, 7) is 6.15. The fourth-order valence-electron chi connectivity index (χ4n) is 2.31. The molecule has 0 bridgehead atoms. The second-order valence-corrected chi connectivity index (χ2v) is 5.63. The predicted octanol–water partition coefficient (Wildman–Crippen LogP) is 3.53. The minimum absolute atomic E-state index is 0.477. The van der Waals surface area contributed by atoms with Gasteiger partial charge in [-0.25, -0.2) is 0 Å². The second kappa shape index (κ2) is 5.98. The molecular formula is C16H21ClN2O. The summed E-state index contributed by atoms with van der Waals surface area (Å²) in [4.78, 5) is 0. The van der Waals surface area contributed by atoms with E-state index in [1.807, 2.05) is 32.2 Å². The summed E-state index contributed by atoms with van der Waals surface area (Å²) >= 11 is 6.32. The van der Waals surface area contributed by atoms with Crippen molar-refractivity contribution in [2.75, 3.05) is 0 Å². The van der Waals surface area contributed by atoms with E-state index in [9.17, 15) is 5.11 Å². The number of aromatic nitrogens is 2. The molecule has 20 heavy (non-hydrogen) atoms. The van der Waals surface area contributed by atoms with Crippen LogP contribution in [0.25, 0.3) is 0 Å². The van der Waals surface area contributed by atoms with Gasteiger partial charge in [-0.1, -0.05) is 36.7 Å². The van der Waals surface area contributed by atoms with Gasteiger partial charge in [0.1, 0.15) is 0 Å². The molecule has 2 aromatic rings. The van der Waals surface area contributed by atoms with Crippen LogP contribution in [-0.4, -0.2) is 14.9 Å². The van der Waals surface area contributed by atoms with Gasteiger partial charge >= 0.3 is 0 Å². The Hall–Kier alpha value is -1.32. The Morgan fingerprint density at radius 3 is 2.55 bits per heavy atom. The van der Waals surface area contributed by atoms with Crippen LogP contribution in [-0.2, 0) is 19.9 Å². The number of nitrogens with zero attached hydrogens (tertiary/aromatic N) is 2. The molecule has 0 saturated carbocycles. The molecule has 0 spiro atoms. The molecule has 1 heterocycles. The maximum absolute atomic E-state index is 10.4. The van der Waals surface area contributed by atoms with Gasteiger partial charge in [0.25, 0.3) is 0 Å². The van der Waals surface area contributed by atoms with E-state index in [0.717, 1.165) is 23.4 Å². The largest absolute Gasteiger partial charge is 0.388 e. The number of benzene rings is 1. The van der Waals surface area contributed by atoms with Gasteiger partial charge in [-0.2, -0.15) is 5.10 Å². The van der Waals surface area contributed by atoms with Crippen LogP contribution in [0.3, 0.4) is 0 Å². The number of aliphatic hydroxyl groups is 1. The zero-order chi connectivity index (χ0) is 14.9. The molecule has 1 N–H and O–H groups in total. The first kappa shape index (κ1) is 15.1. The smallest absolute Gasteiger partial charge is 0.0850 e. The molecular weight excluding hydrogens is 272 g/mol. The lowest BCUT2D eigenvalue weighted by Crippen LogP contribution is -2.07. The quantitative estimate of drug-likeness (QED) is 0.936. The Labute approximate surface area is 125 Å². The van der Waals surface area contributed by atoms with Gasteiger partial charge in [-0.15, -0.1) is 0 Å². The summed E-state index contributed by atoms with van der Waals surface area (Å²) in [6.07, 6.45) is 0.712. The van der Waals surface area contributed by atoms with Crippen LogP contribution in [0.4, 0.5) is 0 Å². The maximum atomic E-state index is 10.4. The van der Waals surface area contributed by atoms with Gasteiger partial charge in [-0.05, 0) is 37.0 Å². The summed E-state index contributed by atoms with van der Waals surface area (Å²) in [5.41, 5.74) is 5.11. The Bertz CT molecular complexity index is 619. The van der Waals surface area contributed by atoms with Crippen molar-refractivity contribution in [3.8, 4) is 0 Å². The van der Waals surface area contributed by atoms with Gasteiger partial charge < -0.3 is 5.11 Å². The van der Waals surface area contributed by atoms with Crippen molar-refractivity contribution in [1.29, 1.82) is 0 Å². The lowest BCUT2D eigenvalue weighted by Gasteiger charge is -2.13. The van der Waals surface area contributed by atoms with Crippen molar-refractivity contribution < 1.29 is 5.11 Å². The topological polar surface area (TPSA) is 38.0 Å². The molecule has 3 nitrogen and oxygen atoms in total. The number of hydrogen-bond donors (Lipinski definition) is 1. The Balaban J connectivity index is 2.25. The lowest BCUT2D eigenvalue weighted by atomic mass is 10.00. The van der Waals surface area contributed by atoms with Gasteiger partial charge in [0.15, 0.2) is 0 Å². The van der Waals surface area contributed by atoms with Crippen molar-refractivity contribution >= 4 is 11.6 Å². The first-order chi connectivity index (χ1) is 9.43. The van der Waals surface area contributed by atoms with E-state index in [1.54, 1.807) is 4.68 Å². The van der Waals surface area contributed by atoms with Crippen LogP contribution < -0.4 is 0 Å². The van der Waals surface area contributed by atoms with Crippen LogP contribution in [0, 0.1) is 13.8 Å². The van der Waals surface area contributed by atoms with E-state index >= 15 is 0 Å². The van der Waals surface area contributed by atoms with Crippen molar-refractivity contribution in [3.63, 3.8) is 0 Å². The minimum Gasteiger partial charge on any atom is -0.388 e. The number of aryl methyl sites for hydroxylation is 4. The van der Waals surface area contributed by atoms with Crippen LogP contribution in [0.5, 0.6) is 0 Å². The lowest BCUT2D eigenvalue weighted by molar-refractivity contribution is 0.175. The molecule has 1 unspecified atom stereocenters.